The van der Waals surface area contributed by atoms with E-state index >= 15 is 0 Å². The molecule has 0 saturated carbocycles. The summed E-state index contributed by atoms with van der Waals surface area (Å²) in [4.78, 5) is 21.6. The number of carbonyl (C=O) groups is 1. The number of fused-ring (bicyclic) bond motifs is 1. The Hall–Kier alpha value is -2.76. The molecule has 0 aliphatic carbocycles. The number of anilines is 1. The van der Waals surface area contributed by atoms with Crippen LogP contribution in [-0.4, -0.2) is 22.3 Å². The summed E-state index contributed by atoms with van der Waals surface area (Å²) in [5.74, 6) is -0.0845. The van der Waals surface area contributed by atoms with Crippen LogP contribution in [0, 0.1) is 0 Å². The fourth-order valence-corrected chi connectivity index (χ4v) is 3.67. The molecule has 1 aliphatic rings. The van der Waals surface area contributed by atoms with E-state index in [4.69, 9.17) is 11.6 Å². The average molecular weight is 453 g/mol. The SMILES string of the molecule is O=C(/C=C/c1ccccn1)C1=C(c2cncc(Br)c2)c2cc(Cl)ccc2NC1. The Labute approximate surface area is 176 Å². The van der Waals surface area contributed by atoms with Crippen molar-refractivity contribution in [3.05, 3.63) is 99.0 Å². The number of rotatable bonds is 4. The van der Waals surface area contributed by atoms with E-state index in [0.717, 1.165) is 32.6 Å². The van der Waals surface area contributed by atoms with Gasteiger partial charge < -0.3 is 5.32 Å². The molecule has 0 fully saturated rings. The van der Waals surface area contributed by atoms with Crippen LogP contribution in [0.4, 0.5) is 5.69 Å². The molecular weight excluding hydrogens is 438 g/mol. The Bertz CT molecular complexity index is 1110. The zero-order chi connectivity index (χ0) is 19.5. The molecule has 28 heavy (non-hydrogen) atoms. The summed E-state index contributed by atoms with van der Waals surface area (Å²) in [5.41, 5.74) is 4.89. The number of hydrogen-bond donors (Lipinski definition) is 1. The highest BCUT2D eigenvalue weighted by molar-refractivity contribution is 9.10. The van der Waals surface area contributed by atoms with E-state index in [1.165, 1.54) is 0 Å². The molecule has 0 spiro atoms. The molecular formula is C22H15BrClN3O. The van der Waals surface area contributed by atoms with E-state index in [0.29, 0.717) is 17.1 Å². The van der Waals surface area contributed by atoms with Crippen LogP contribution in [0.25, 0.3) is 11.6 Å². The Morgan fingerprint density at radius 3 is 2.86 bits per heavy atom. The fourth-order valence-electron chi connectivity index (χ4n) is 3.14. The van der Waals surface area contributed by atoms with Crippen LogP contribution >= 0.6 is 27.5 Å². The monoisotopic (exact) mass is 451 g/mol. The predicted molar refractivity (Wildman–Crippen MR) is 116 cm³/mol. The maximum atomic E-state index is 13.1. The van der Waals surface area contributed by atoms with Gasteiger partial charge in [0.05, 0.1) is 5.69 Å². The van der Waals surface area contributed by atoms with Crippen molar-refractivity contribution >= 4 is 50.7 Å². The van der Waals surface area contributed by atoms with Gasteiger partial charge >= 0.3 is 0 Å². The zero-order valence-corrected chi connectivity index (χ0v) is 17.0. The van der Waals surface area contributed by atoms with Crippen molar-refractivity contribution in [2.75, 3.05) is 11.9 Å². The molecule has 6 heteroatoms. The minimum absolute atomic E-state index is 0.0845. The van der Waals surface area contributed by atoms with Crippen molar-refractivity contribution in [1.29, 1.82) is 0 Å². The second-order valence-electron chi connectivity index (χ2n) is 6.24. The van der Waals surface area contributed by atoms with Gasteiger partial charge in [-0.25, -0.2) is 0 Å². The maximum absolute atomic E-state index is 13.1. The van der Waals surface area contributed by atoms with Gasteiger partial charge in [0.2, 0.25) is 0 Å². The van der Waals surface area contributed by atoms with Crippen molar-refractivity contribution in [3.8, 4) is 0 Å². The highest BCUT2D eigenvalue weighted by Crippen LogP contribution is 2.38. The number of ketones is 1. The van der Waals surface area contributed by atoms with Gasteiger partial charge in [-0.05, 0) is 64.5 Å². The Kier molecular flexibility index (Phi) is 5.37. The van der Waals surface area contributed by atoms with E-state index in [2.05, 4.69) is 31.2 Å². The largest absolute Gasteiger partial charge is 0.380 e. The number of aromatic nitrogens is 2. The second-order valence-corrected chi connectivity index (χ2v) is 7.59. The molecule has 4 rings (SSSR count). The molecule has 0 bridgehead atoms. The minimum Gasteiger partial charge on any atom is -0.380 e. The van der Waals surface area contributed by atoms with Gasteiger partial charge in [0.25, 0.3) is 0 Å². The first kappa shape index (κ1) is 18.6. The molecule has 0 atom stereocenters. The number of allylic oxidation sites excluding steroid dienone is 1. The van der Waals surface area contributed by atoms with E-state index in [1.54, 1.807) is 30.7 Å². The van der Waals surface area contributed by atoms with Crippen LogP contribution < -0.4 is 5.32 Å². The highest BCUT2D eigenvalue weighted by Gasteiger charge is 2.24. The lowest BCUT2D eigenvalue weighted by molar-refractivity contribution is -0.111. The fraction of sp³-hybridized carbons (Fsp3) is 0.0455. The lowest BCUT2D eigenvalue weighted by atomic mass is 9.88. The van der Waals surface area contributed by atoms with Gasteiger partial charge in [-0.2, -0.15) is 0 Å². The van der Waals surface area contributed by atoms with Gasteiger partial charge in [-0.3, -0.25) is 14.8 Å². The third-order valence-electron chi connectivity index (χ3n) is 4.39. The zero-order valence-electron chi connectivity index (χ0n) is 14.7. The molecule has 138 valence electrons. The number of benzene rings is 1. The summed E-state index contributed by atoms with van der Waals surface area (Å²) in [5, 5.41) is 3.92. The molecule has 0 radical (unpaired) electrons. The summed E-state index contributed by atoms with van der Waals surface area (Å²) < 4.78 is 0.843. The van der Waals surface area contributed by atoms with Crippen LogP contribution in [0.5, 0.6) is 0 Å². The van der Waals surface area contributed by atoms with Crippen molar-refractivity contribution in [3.63, 3.8) is 0 Å². The third kappa shape index (κ3) is 3.91. The number of carbonyl (C=O) groups excluding carboxylic acids is 1. The summed E-state index contributed by atoms with van der Waals surface area (Å²) in [7, 11) is 0. The van der Waals surface area contributed by atoms with Crippen molar-refractivity contribution in [2.45, 2.75) is 0 Å². The second kappa shape index (κ2) is 8.09. The van der Waals surface area contributed by atoms with E-state index in [1.807, 2.05) is 42.5 Å². The van der Waals surface area contributed by atoms with E-state index in [9.17, 15) is 4.79 Å². The van der Waals surface area contributed by atoms with Gasteiger partial charge in [-0.15, -0.1) is 0 Å². The average Bonchev–Trinajstić information content (AvgIpc) is 2.71. The van der Waals surface area contributed by atoms with Gasteiger partial charge in [0.15, 0.2) is 5.78 Å². The first-order chi connectivity index (χ1) is 13.6. The molecule has 0 unspecified atom stereocenters. The van der Waals surface area contributed by atoms with Gasteiger partial charge in [0, 0.05) is 62.6 Å². The molecule has 3 aromatic rings. The topological polar surface area (TPSA) is 54.9 Å². The van der Waals surface area contributed by atoms with Crippen LogP contribution in [-0.2, 0) is 4.79 Å². The maximum Gasteiger partial charge on any atom is 0.184 e. The van der Waals surface area contributed by atoms with Crippen LogP contribution in [0.3, 0.4) is 0 Å². The lowest BCUT2D eigenvalue weighted by Gasteiger charge is -2.24. The summed E-state index contributed by atoms with van der Waals surface area (Å²) in [6, 6.07) is 13.2. The van der Waals surface area contributed by atoms with E-state index in [-0.39, 0.29) is 5.78 Å². The molecule has 1 N–H and O–H groups in total. The molecule has 0 saturated heterocycles. The molecule has 2 aromatic heterocycles. The van der Waals surface area contributed by atoms with Crippen LogP contribution in [0.15, 0.2) is 77.2 Å². The summed E-state index contributed by atoms with van der Waals surface area (Å²) >= 11 is 9.71. The van der Waals surface area contributed by atoms with Crippen LogP contribution in [0.2, 0.25) is 5.02 Å². The standard InChI is InChI=1S/C22H15BrClN3O/c23-15-9-14(11-25-12-15)22-18-10-16(24)4-6-20(18)27-13-19(22)21(28)7-5-17-3-1-2-8-26-17/h1-12,27H,13H2/b7-5+. The minimum atomic E-state index is -0.0845. The number of nitrogens with zero attached hydrogens (tertiary/aromatic N) is 2. The lowest BCUT2D eigenvalue weighted by Crippen LogP contribution is -2.19. The molecule has 1 aliphatic heterocycles. The first-order valence-corrected chi connectivity index (χ1v) is 9.80. The molecule has 0 amide bonds. The Morgan fingerprint density at radius 2 is 2.07 bits per heavy atom. The van der Waals surface area contributed by atoms with Crippen molar-refractivity contribution < 1.29 is 4.79 Å². The van der Waals surface area contributed by atoms with E-state index < -0.39 is 0 Å². The number of nitrogens with one attached hydrogen (secondary N) is 1. The molecule has 1 aromatic carbocycles. The van der Waals surface area contributed by atoms with Gasteiger partial charge in [0.1, 0.15) is 0 Å². The smallest absolute Gasteiger partial charge is 0.184 e. The number of pyridine rings is 2. The van der Waals surface area contributed by atoms with Gasteiger partial charge in [-0.1, -0.05) is 17.7 Å². The van der Waals surface area contributed by atoms with Crippen molar-refractivity contribution in [1.82, 2.24) is 9.97 Å². The first-order valence-electron chi connectivity index (χ1n) is 8.63. The predicted octanol–water partition coefficient (Wildman–Crippen LogP) is 5.40. The number of halogens is 2. The van der Waals surface area contributed by atoms with Crippen LogP contribution in [0.1, 0.15) is 16.8 Å². The number of hydrogen-bond acceptors (Lipinski definition) is 4. The Morgan fingerprint density at radius 1 is 1.18 bits per heavy atom. The molecule has 3 heterocycles. The summed E-state index contributed by atoms with van der Waals surface area (Å²) in [6.45, 7) is 0.419. The quantitative estimate of drug-likeness (QED) is 0.538. The third-order valence-corrected chi connectivity index (χ3v) is 5.06. The normalized spacial score (nSPS) is 13.4. The Balaban J connectivity index is 1.84. The molecule has 4 nitrogen and oxygen atoms in total. The highest BCUT2D eigenvalue weighted by atomic mass is 79.9. The van der Waals surface area contributed by atoms with Crippen molar-refractivity contribution in [2.24, 2.45) is 0 Å². The summed E-state index contributed by atoms with van der Waals surface area (Å²) in [6.07, 6.45) is 8.45.